The Hall–Kier alpha value is -2.37. The Morgan fingerprint density at radius 1 is 1.44 bits per heavy atom. The smallest absolute Gasteiger partial charge is 0.275 e. The van der Waals surface area contributed by atoms with Crippen molar-refractivity contribution in [2.45, 2.75) is 13.3 Å². The van der Waals surface area contributed by atoms with Gasteiger partial charge in [-0.25, -0.2) is 0 Å². The molecule has 0 saturated heterocycles. The summed E-state index contributed by atoms with van der Waals surface area (Å²) >= 11 is 0. The third-order valence-corrected chi connectivity index (χ3v) is 2.25. The molecule has 2 aromatic rings. The van der Waals surface area contributed by atoms with E-state index >= 15 is 0 Å². The van der Waals surface area contributed by atoms with E-state index in [1.54, 1.807) is 18.3 Å². The molecule has 0 saturated carbocycles. The van der Waals surface area contributed by atoms with Crippen molar-refractivity contribution < 1.29 is 9.32 Å². The Kier molecular flexibility index (Phi) is 3.90. The Morgan fingerprint density at radius 3 is 3.06 bits per heavy atom. The molecule has 2 rings (SSSR count). The highest BCUT2D eigenvalue weighted by molar-refractivity contribution is 6.02. The number of aromatic nitrogens is 2. The monoisotopic (exact) mass is 246 g/mol. The Bertz CT molecular complexity index is 511. The van der Waals surface area contributed by atoms with Gasteiger partial charge < -0.3 is 15.2 Å². The first-order chi connectivity index (χ1) is 8.79. The fraction of sp³-hybridized carbons (Fsp3) is 0.250. The molecule has 6 heteroatoms. The van der Waals surface area contributed by atoms with Gasteiger partial charge >= 0.3 is 0 Å². The summed E-state index contributed by atoms with van der Waals surface area (Å²) in [5, 5.41) is 9.39. The predicted octanol–water partition coefficient (Wildman–Crippen LogP) is 2.14. The van der Waals surface area contributed by atoms with Gasteiger partial charge in [-0.1, -0.05) is 12.1 Å². The lowest BCUT2D eigenvalue weighted by molar-refractivity contribution is 0.102. The van der Waals surface area contributed by atoms with Gasteiger partial charge in [0, 0.05) is 24.5 Å². The highest BCUT2D eigenvalue weighted by Gasteiger charge is 2.09. The van der Waals surface area contributed by atoms with Crippen LogP contribution in [0.15, 0.2) is 35.2 Å². The summed E-state index contributed by atoms with van der Waals surface area (Å²) in [6.07, 6.45) is 4.00. The topological polar surface area (TPSA) is 80.0 Å². The van der Waals surface area contributed by atoms with E-state index in [2.05, 4.69) is 32.2 Å². The molecule has 0 bridgehead atoms. The first kappa shape index (κ1) is 12.1. The maximum Gasteiger partial charge on any atom is 0.275 e. The van der Waals surface area contributed by atoms with Crippen LogP contribution in [-0.2, 0) is 0 Å². The van der Waals surface area contributed by atoms with E-state index in [1.807, 2.05) is 6.07 Å². The molecule has 0 spiro atoms. The average Bonchev–Trinajstić information content (AvgIpc) is 2.89. The molecule has 0 aliphatic carbocycles. The summed E-state index contributed by atoms with van der Waals surface area (Å²) in [4.78, 5) is 15.9. The maximum absolute atomic E-state index is 11.9. The number of nitrogens with one attached hydrogen (secondary N) is 2. The molecule has 2 aromatic heterocycles. The molecule has 0 aliphatic heterocycles. The molecule has 1 amide bonds. The Labute approximate surface area is 104 Å². The van der Waals surface area contributed by atoms with Crippen LogP contribution in [0.2, 0.25) is 0 Å². The van der Waals surface area contributed by atoms with Gasteiger partial charge in [-0.3, -0.25) is 9.78 Å². The second kappa shape index (κ2) is 5.81. The second-order valence-electron chi connectivity index (χ2n) is 3.70. The van der Waals surface area contributed by atoms with Crippen molar-refractivity contribution in [2.75, 3.05) is 17.2 Å². The summed E-state index contributed by atoms with van der Waals surface area (Å²) < 4.78 is 4.63. The summed E-state index contributed by atoms with van der Waals surface area (Å²) in [6, 6.07) is 5.09. The Balaban J connectivity index is 2.05. The van der Waals surface area contributed by atoms with Gasteiger partial charge in [0.05, 0.1) is 0 Å². The average molecular weight is 246 g/mol. The lowest BCUT2D eigenvalue weighted by atomic mass is 10.3. The van der Waals surface area contributed by atoms with E-state index < -0.39 is 0 Å². The maximum atomic E-state index is 11.9. The third kappa shape index (κ3) is 3.07. The van der Waals surface area contributed by atoms with Gasteiger partial charge in [0.1, 0.15) is 12.0 Å². The highest BCUT2D eigenvalue weighted by atomic mass is 16.5. The van der Waals surface area contributed by atoms with Crippen LogP contribution in [0.1, 0.15) is 23.8 Å². The number of rotatable bonds is 5. The van der Waals surface area contributed by atoms with Gasteiger partial charge in [-0.05, 0) is 18.6 Å². The number of anilines is 2. The largest absolute Gasteiger partial charge is 0.385 e. The molecular weight excluding hydrogens is 232 g/mol. The number of amides is 1. The minimum atomic E-state index is -0.316. The quantitative estimate of drug-likeness (QED) is 0.844. The molecule has 0 atom stereocenters. The fourth-order valence-corrected chi connectivity index (χ4v) is 1.39. The van der Waals surface area contributed by atoms with Crippen molar-refractivity contribution in [2.24, 2.45) is 0 Å². The van der Waals surface area contributed by atoms with Crippen molar-refractivity contribution in [3.8, 4) is 0 Å². The lowest BCUT2D eigenvalue weighted by Crippen LogP contribution is -2.14. The zero-order valence-corrected chi connectivity index (χ0v) is 10.0. The van der Waals surface area contributed by atoms with E-state index in [0.29, 0.717) is 11.5 Å². The summed E-state index contributed by atoms with van der Waals surface area (Å²) in [5.74, 6) is 0.0535. The summed E-state index contributed by atoms with van der Waals surface area (Å²) in [7, 11) is 0. The van der Waals surface area contributed by atoms with E-state index in [1.165, 1.54) is 6.26 Å². The van der Waals surface area contributed by atoms with Crippen LogP contribution in [0.25, 0.3) is 0 Å². The van der Waals surface area contributed by atoms with Crippen molar-refractivity contribution >= 4 is 17.4 Å². The van der Waals surface area contributed by atoms with Crippen LogP contribution in [0.4, 0.5) is 11.5 Å². The molecule has 0 unspecified atom stereocenters. The van der Waals surface area contributed by atoms with E-state index in [0.717, 1.165) is 18.7 Å². The number of nitrogens with zero attached hydrogens (tertiary/aromatic N) is 2. The molecule has 2 N–H and O–H groups in total. The second-order valence-corrected chi connectivity index (χ2v) is 3.70. The minimum absolute atomic E-state index is 0.316. The molecule has 2 heterocycles. The van der Waals surface area contributed by atoms with Crippen molar-refractivity contribution in [3.05, 3.63) is 36.4 Å². The third-order valence-electron chi connectivity index (χ3n) is 2.25. The van der Waals surface area contributed by atoms with Crippen LogP contribution >= 0.6 is 0 Å². The standard InChI is InChI=1S/C12H14N4O2/c1-2-5-13-9-3-6-14-10(8-9)12(17)15-11-4-7-18-16-11/h3-4,6-8H,2,5H2,1H3,(H,13,14)(H,15,16,17). The first-order valence-corrected chi connectivity index (χ1v) is 5.71. The molecular formula is C12H14N4O2. The van der Waals surface area contributed by atoms with Crippen LogP contribution in [0, 0.1) is 0 Å². The Morgan fingerprint density at radius 2 is 2.33 bits per heavy atom. The van der Waals surface area contributed by atoms with E-state index in [9.17, 15) is 4.79 Å². The number of hydrogen-bond acceptors (Lipinski definition) is 5. The van der Waals surface area contributed by atoms with Gasteiger partial charge in [0.15, 0.2) is 5.82 Å². The number of hydrogen-bond donors (Lipinski definition) is 2. The number of carbonyl (C=O) groups excluding carboxylic acids is 1. The summed E-state index contributed by atoms with van der Waals surface area (Å²) in [6.45, 7) is 2.93. The van der Waals surface area contributed by atoms with Gasteiger partial charge in [0.25, 0.3) is 5.91 Å². The van der Waals surface area contributed by atoms with Crippen LogP contribution < -0.4 is 10.6 Å². The van der Waals surface area contributed by atoms with Gasteiger partial charge in [-0.15, -0.1) is 0 Å². The van der Waals surface area contributed by atoms with E-state index in [-0.39, 0.29) is 5.91 Å². The van der Waals surface area contributed by atoms with Crippen molar-refractivity contribution in [1.82, 2.24) is 10.1 Å². The molecule has 6 nitrogen and oxygen atoms in total. The van der Waals surface area contributed by atoms with Gasteiger partial charge in [-0.2, -0.15) is 0 Å². The van der Waals surface area contributed by atoms with Crippen LogP contribution in [0.5, 0.6) is 0 Å². The molecule has 94 valence electrons. The first-order valence-electron chi connectivity index (χ1n) is 5.71. The van der Waals surface area contributed by atoms with Crippen LogP contribution in [0.3, 0.4) is 0 Å². The molecule has 0 aliphatic rings. The van der Waals surface area contributed by atoms with Crippen molar-refractivity contribution in [3.63, 3.8) is 0 Å². The molecule has 0 aromatic carbocycles. The SMILES string of the molecule is CCCNc1ccnc(C(=O)Nc2ccon2)c1. The zero-order chi connectivity index (χ0) is 12.8. The van der Waals surface area contributed by atoms with Crippen LogP contribution in [-0.4, -0.2) is 22.6 Å². The van der Waals surface area contributed by atoms with Crippen molar-refractivity contribution in [1.29, 1.82) is 0 Å². The highest BCUT2D eigenvalue weighted by Crippen LogP contribution is 2.10. The lowest BCUT2D eigenvalue weighted by Gasteiger charge is -2.06. The van der Waals surface area contributed by atoms with Gasteiger partial charge in [0.2, 0.25) is 0 Å². The molecule has 0 fully saturated rings. The zero-order valence-electron chi connectivity index (χ0n) is 10.0. The number of pyridine rings is 1. The fourth-order valence-electron chi connectivity index (χ4n) is 1.39. The normalized spacial score (nSPS) is 10.1. The van der Waals surface area contributed by atoms with E-state index in [4.69, 9.17) is 0 Å². The summed E-state index contributed by atoms with van der Waals surface area (Å²) in [5.41, 5.74) is 1.20. The minimum Gasteiger partial charge on any atom is -0.385 e. The molecule has 18 heavy (non-hydrogen) atoms. The number of carbonyl (C=O) groups is 1. The molecule has 0 radical (unpaired) electrons. The predicted molar refractivity (Wildman–Crippen MR) is 67.5 cm³/mol.